The quantitative estimate of drug-likeness (QED) is 0.122. The number of fused-ring (bicyclic) bond motifs is 2. The van der Waals surface area contributed by atoms with Crippen molar-refractivity contribution in [3.63, 3.8) is 0 Å². The van der Waals surface area contributed by atoms with E-state index in [9.17, 15) is 30.0 Å². The molecule has 3 atom stereocenters. The van der Waals surface area contributed by atoms with E-state index in [0.29, 0.717) is 29.9 Å². The first-order valence-corrected chi connectivity index (χ1v) is 15.1. The molecular weight excluding hydrogens is 592 g/mol. The highest BCUT2D eigenvalue weighted by Gasteiger charge is 2.51. The van der Waals surface area contributed by atoms with E-state index in [4.69, 9.17) is 13.9 Å². The summed E-state index contributed by atoms with van der Waals surface area (Å²) >= 11 is 0. The van der Waals surface area contributed by atoms with Gasteiger partial charge in [-0.15, -0.1) is 0 Å². The summed E-state index contributed by atoms with van der Waals surface area (Å²) in [5.74, 6) is -0.931. The lowest BCUT2D eigenvalue weighted by molar-refractivity contribution is -0.166. The number of carbonyl (C=O) groups is 1. The van der Waals surface area contributed by atoms with Gasteiger partial charge in [0.1, 0.15) is 52.5 Å². The topological polar surface area (TPSA) is 172 Å². The molecule has 2 aromatic carbocycles. The normalized spacial score (nSPS) is 18.5. The Morgan fingerprint density at radius 1 is 1.22 bits per heavy atom. The van der Waals surface area contributed by atoms with Gasteiger partial charge < -0.3 is 39.6 Å². The number of benzene rings is 2. The minimum absolute atomic E-state index is 0.0350. The van der Waals surface area contributed by atoms with Crippen LogP contribution >= 0.6 is 0 Å². The fourth-order valence-corrected chi connectivity index (χ4v) is 5.84. The first kappa shape index (κ1) is 32.5. The monoisotopic (exact) mass is 630 g/mol. The van der Waals surface area contributed by atoms with Gasteiger partial charge in [-0.1, -0.05) is 24.3 Å². The molecule has 11 nitrogen and oxygen atoms in total. The summed E-state index contributed by atoms with van der Waals surface area (Å²) in [4.78, 5) is 30.9. The van der Waals surface area contributed by atoms with Gasteiger partial charge in [0.05, 0.1) is 12.2 Å². The summed E-state index contributed by atoms with van der Waals surface area (Å²) in [5, 5.41) is 45.6. The number of nitrogens with zero attached hydrogens (tertiary/aromatic N) is 1. The van der Waals surface area contributed by atoms with E-state index >= 15 is 0 Å². The number of pyridine rings is 1. The molecule has 0 bridgehead atoms. The molecular formula is C35H38N2O9. The zero-order valence-corrected chi connectivity index (χ0v) is 26.2. The SMILES string of the molecule is C/C=C(/C)C(=O)O[C@@H]1Cc2c(c(-c3cccc(O)c3)c3oc(CO)cc(=O)c3c2O)O[C@@]1(C)[C@@H](CO)Cc1ccc(NCC)nc1. The predicted octanol–water partition coefficient (Wildman–Crippen LogP) is 4.61. The summed E-state index contributed by atoms with van der Waals surface area (Å²) < 4.78 is 18.8. The number of rotatable bonds is 10. The molecule has 5 rings (SSSR count). The van der Waals surface area contributed by atoms with Gasteiger partial charge >= 0.3 is 5.97 Å². The molecule has 0 unspecified atom stereocenters. The third-order valence-electron chi connectivity index (χ3n) is 8.59. The maximum Gasteiger partial charge on any atom is 0.333 e. The molecule has 0 saturated carbocycles. The summed E-state index contributed by atoms with van der Waals surface area (Å²) in [6, 6.07) is 11.1. The molecule has 1 aliphatic heterocycles. The number of aliphatic hydroxyl groups is 2. The number of carbonyl (C=O) groups excluding carboxylic acids is 1. The molecule has 0 aliphatic carbocycles. The van der Waals surface area contributed by atoms with Crippen molar-refractivity contribution >= 4 is 22.8 Å². The molecule has 0 fully saturated rings. The summed E-state index contributed by atoms with van der Waals surface area (Å²) in [7, 11) is 0. The minimum atomic E-state index is -1.38. The molecule has 11 heteroatoms. The number of phenols is 2. The van der Waals surface area contributed by atoms with Crippen LogP contribution in [0.3, 0.4) is 0 Å². The Balaban J connectivity index is 1.74. The molecule has 0 saturated heterocycles. The minimum Gasteiger partial charge on any atom is -0.508 e. The maximum atomic E-state index is 13.3. The Hall–Kier alpha value is -4.87. The second-order valence-corrected chi connectivity index (χ2v) is 11.5. The van der Waals surface area contributed by atoms with Crippen LogP contribution in [-0.4, -0.2) is 56.2 Å². The molecule has 2 aromatic heterocycles. The summed E-state index contributed by atoms with van der Waals surface area (Å²) in [5.41, 5.74) is -0.0177. The largest absolute Gasteiger partial charge is 0.508 e. The average Bonchev–Trinajstić information content (AvgIpc) is 3.04. The average molecular weight is 631 g/mol. The van der Waals surface area contributed by atoms with Crippen molar-refractivity contribution < 1.29 is 39.1 Å². The molecule has 0 radical (unpaired) electrons. The van der Waals surface area contributed by atoms with Crippen molar-refractivity contribution in [1.29, 1.82) is 0 Å². The zero-order valence-electron chi connectivity index (χ0n) is 26.2. The zero-order chi connectivity index (χ0) is 33.2. The van der Waals surface area contributed by atoms with Crippen molar-refractivity contribution in [2.75, 3.05) is 18.5 Å². The Morgan fingerprint density at radius 3 is 2.63 bits per heavy atom. The summed E-state index contributed by atoms with van der Waals surface area (Å²) in [6.07, 6.45) is 2.53. The number of ether oxygens (including phenoxy) is 2. The highest BCUT2D eigenvalue weighted by Crippen LogP contribution is 2.52. The molecule has 1 aliphatic rings. The van der Waals surface area contributed by atoms with Crippen LogP contribution in [0.2, 0.25) is 0 Å². The van der Waals surface area contributed by atoms with Gasteiger partial charge in [-0.2, -0.15) is 0 Å². The molecule has 0 amide bonds. The molecule has 5 N–H and O–H groups in total. The van der Waals surface area contributed by atoms with Crippen LogP contribution in [0.4, 0.5) is 5.82 Å². The smallest absolute Gasteiger partial charge is 0.333 e. The van der Waals surface area contributed by atoms with Gasteiger partial charge in [0.15, 0.2) is 11.0 Å². The number of esters is 1. The highest BCUT2D eigenvalue weighted by molar-refractivity contribution is 6.01. The van der Waals surface area contributed by atoms with Crippen LogP contribution in [0.25, 0.3) is 22.1 Å². The van der Waals surface area contributed by atoms with Crippen LogP contribution in [0, 0.1) is 5.92 Å². The van der Waals surface area contributed by atoms with Crippen LogP contribution in [0.5, 0.6) is 17.2 Å². The number of aliphatic hydroxyl groups excluding tert-OH is 2. The number of aromatic hydroxyl groups is 2. The van der Waals surface area contributed by atoms with Crippen LogP contribution in [-0.2, 0) is 29.0 Å². The standard InChI is InChI=1S/C35H38N2O9/c1-5-19(3)34(43)45-27-15-25-31(42)30-26(41)14-24(18-39)44-33(30)29(21-8-7-9-23(40)13-21)32(25)46-35(27,4)22(17-38)12-20-10-11-28(36-6-2)37-16-20/h5,7-11,13-14,16,22,27,38-40,42H,6,12,15,17-18H2,1-4H3,(H,36,37)/b19-5-/t22-,27-,35+/m1/s1. The first-order valence-electron chi connectivity index (χ1n) is 15.1. The van der Waals surface area contributed by atoms with E-state index in [1.165, 1.54) is 12.1 Å². The number of allylic oxidation sites excluding steroid dienone is 1. The number of phenolic OH excluding ortho intramolecular Hbond substituents is 2. The Labute approximate surface area is 265 Å². The van der Waals surface area contributed by atoms with Crippen molar-refractivity contribution in [2.45, 2.75) is 58.8 Å². The Bertz CT molecular complexity index is 1850. The third kappa shape index (κ3) is 6.03. The van der Waals surface area contributed by atoms with Crippen molar-refractivity contribution in [3.8, 4) is 28.4 Å². The first-order chi connectivity index (χ1) is 22.0. The number of anilines is 1. The van der Waals surface area contributed by atoms with Gasteiger partial charge in [-0.3, -0.25) is 4.79 Å². The Morgan fingerprint density at radius 2 is 2.00 bits per heavy atom. The van der Waals surface area contributed by atoms with E-state index in [1.54, 1.807) is 45.2 Å². The lowest BCUT2D eigenvalue weighted by Gasteiger charge is -2.46. The van der Waals surface area contributed by atoms with Crippen molar-refractivity contribution in [2.24, 2.45) is 5.92 Å². The second-order valence-electron chi connectivity index (χ2n) is 11.5. The number of nitrogens with one attached hydrogen (secondary N) is 1. The molecule has 46 heavy (non-hydrogen) atoms. The van der Waals surface area contributed by atoms with E-state index < -0.39 is 41.4 Å². The van der Waals surface area contributed by atoms with Gasteiger partial charge in [0.2, 0.25) is 0 Å². The van der Waals surface area contributed by atoms with E-state index in [2.05, 4.69) is 10.3 Å². The molecule has 0 spiro atoms. The Kier molecular flexibility index (Phi) is 9.36. The maximum absolute atomic E-state index is 13.3. The van der Waals surface area contributed by atoms with Gasteiger partial charge in [-0.25, -0.2) is 9.78 Å². The lowest BCUT2D eigenvalue weighted by Crippen LogP contribution is -2.57. The van der Waals surface area contributed by atoms with E-state index in [1.807, 2.05) is 19.1 Å². The fraction of sp³-hybridized carbons (Fsp3) is 0.343. The number of aromatic nitrogens is 1. The van der Waals surface area contributed by atoms with Crippen LogP contribution in [0.15, 0.2) is 69.5 Å². The van der Waals surface area contributed by atoms with E-state index in [0.717, 1.165) is 11.6 Å². The highest BCUT2D eigenvalue weighted by atomic mass is 16.6. The predicted molar refractivity (Wildman–Crippen MR) is 172 cm³/mol. The van der Waals surface area contributed by atoms with Crippen molar-refractivity contribution in [1.82, 2.24) is 4.98 Å². The number of hydrogen-bond donors (Lipinski definition) is 5. The van der Waals surface area contributed by atoms with Crippen LogP contribution < -0.4 is 15.5 Å². The second kappa shape index (κ2) is 13.2. The van der Waals surface area contributed by atoms with E-state index in [-0.39, 0.29) is 52.4 Å². The van der Waals surface area contributed by atoms with Gasteiger partial charge in [-0.05, 0) is 63.4 Å². The van der Waals surface area contributed by atoms with Gasteiger partial charge in [0.25, 0.3) is 0 Å². The van der Waals surface area contributed by atoms with Crippen molar-refractivity contribution in [3.05, 3.63) is 87.4 Å². The molecule has 242 valence electrons. The summed E-state index contributed by atoms with van der Waals surface area (Å²) in [6.45, 7) is 6.80. The number of hydrogen-bond acceptors (Lipinski definition) is 11. The fourth-order valence-electron chi connectivity index (χ4n) is 5.84. The van der Waals surface area contributed by atoms with Gasteiger partial charge in [0, 0.05) is 42.3 Å². The molecule has 3 heterocycles. The third-order valence-corrected chi connectivity index (χ3v) is 8.59. The molecule has 4 aromatic rings. The van der Waals surface area contributed by atoms with Crippen LogP contribution in [0.1, 0.15) is 44.6 Å². The lowest BCUT2D eigenvalue weighted by atomic mass is 9.76.